The molecular formula is C15H17N3O2. The van der Waals surface area contributed by atoms with E-state index in [0.717, 1.165) is 5.75 Å². The number of hydrogen-bond acceptors (Lipinski definition) is 4. The minimum Gasteiger partial charge on any atom is -0.457 e. The van der Waals surface area contributed by atoms with Crippen molar-refractivity contribution >= 4 is 5.84 Å². The summed E-state index contributed by atoms with van der Waals surface area (Å²) in [5.41, 5.74) is 7.07. The molecule has 1 aromatic heterocycles. The Kier molecular flexibility index (Phi) is 4.20. The number of aromatic nitrogens is 1. The Labute approximate surface area is 117 Å². The standard InChI is InChI=1S/C15H17N3O2/c1-10(2)11-4-3-5-12(8-11)20-13-6-7-17-14(9-13)15(16)18-19/h3-10,19H,1-2H3,(H2,16,18). The molecule has 5 nitrogen and oxygen atoms in total. The van der Waals surface area contributed by atoms with Crippen molar-refractivity contribution in [3.8, 4) is 11.5 Å². The number of benzene rings is 1. The van der Waals surface area contributed by atoms with Gasteiger partial charge >= 0.3 is 0 Å². The zero-order valence-corrected chi connectivity index (χ0v) is 11.4. The number of oxime groups is 1. The lowest BCUT2D eigenvalue weighted by Crippen LogP contribution is -2.14. The van der Waals surface area contributed by atoms with Crippen LogP contribution >= 0.6 is 0 Å². The minimum absolute atomic E-state index is 0.0496. The molecule has 0 radical (unpaired) electrons. The van der Waals surface area contributed by atoms with Crippen molar-refractivity contribution in [3.63, 3.8) is 0 Å². The van der Waals surface area contributed by atoms with Crippen molar-refractivity contribution in [3.05, 3.63) is 53.9 Å². The Hall–Kier alpha value is -2.56. The zero-order chi connectivity index (χ0) is 14.5. The summed E-state index contributed by atoms with van der Waals surface area (Å²) in [5.74, 6) is 1.71. The van der Waals surface area contributed by atoms with Crippen LogP contribution < -0.4 is 10.5 Å². The number of rotatable bonds is 4. The Balaban J connectivity index is 2.24. The number of nitrogens with zero attached hydrogens (tertiary/aromatic N) is 2. The topological polar surface area (TPSA) is 80.7 Å². The van der Waals surface area contributed by atoms with Gasteiger partial charge in [0.2, 0.25) is 0 Å². The maximum Gasteiger partial charge on any atom is 0.188 e. The van der Waals surface area contributed by atoms with Crippen LogP contribution in [0, 0.1) is 0 Å². The van der Waals surface area contributed by atoms with Gasteiger partial charge in [0.05, 0.1) is 0 Å². The third-order valence-electron chi connectivity index (χ3n) is 2.86. The van der Waals surface area contributed by atoms with E-state index in [4.69, 9.17) is 15.7 Å². The molecule has 0 unspecified atom stereocenters. The molecule has 20 heavy (non-hydrogen) atoms. The molecule has 5 heteroatoms. The summed E-state index contributed by atoms with van der Waals surface area (Å²) < 4.78 is 5.77. The van der Waals surface area contributed by atoms with Gasteiger partial charge in [0.1, 0.15) is 17.2 Å². The van der Waals surface area contributed by atoms with E-state index < -0.39 is 0 Å². The molecule has 0 fully saturated rings. The van der Waals surface area contributed by atoms with Gasteiger partial charge in [0.15, 0.2) is 5.84 Å². The van der Waals surface area contributed by atoms with Crippen molar-refractivity contribution in [2.75, 3.05) is 0 Å². The third kappa shape index (κ3) is 3.26. The smallest absolute Gasteiger partial charge is 0.188 e. The van der Waals surface area contributed by atoms with Crippen LogP contribution in [0.4, 0.5) is 0 Å². The van der Waals surface area contributed by atoms with Crippen LogP contribution in [0.25, 0.3) is 0 Å². The Morgan fingerprint density at radius 1 is 1.25 bits per heavy atom. The number of amidine groups is 1. The van der Waals surface area contributed by atoms with Gasteiger partial charge in [-0.3, -0.25) is 4.98 Å². The quantitative estimate of drug-likeness (QED) is 0.387. The second kappa shape index (κ2) is 6.06. The Morgan fingerprint density at radius 3 is 2.70 bits per heavy atom. The Morgan fingerprint density at radius 2 is 2.00 bits per heavy atom. The molecule has 2 rings (SSSR count). The molecular weight excluding hydrogens is 254 g/mol. The lowest BCUT2D eigenvalue weighted by atomic mass is 10.0. The maximum absolute atomic E-state index is 8.65. The molecule has 0 atom stereocenters. The summed E-state index contributed by atoms with van der Waals surface area (Å²) in [6.45, 7) is 4.25. The number of nitrogens with two attached hydrogens (primary N) is 1. The largest absolute Gasteiger partial charge is 0.457 e. The molecule has 0 spiro atoms. The van der Waals surface area contributed by atoms with Crippen LogP contribution in [-0.2, 0) is 0 Å². The molecule has 0 amide bonds. The summed E-state index contributed by atoms with van der Waals surface area (Å²) in [7, 11) is 0. The van der Waals surface area contributed by atoms with Gasteiger partial charge in [0.25, 0.3) is 0 Å². The van der Waals surface area contributed by atoms with E-state index in [1.54, 1.807) is 18.3 Å². The van der Waals surface area contributed by atoms with E-state index >= 15 is 0 Å². The summed E-state index contributed by atoms with van der Waals surface area (Å²) >= 11 is 0. The normalized spacial score (nSPS) is 11.7. The third-order valence-corrected chi connectivity index (χ3v) is 2.86. The van der Waals surface area contributed by atoms with E-state index in [0.29, 0.717) is 17.4 Å². The van der Waals surface area contributed by atoms with Crippen LogP contribution in [0.15, 0.2) is 47.8 Å². The van der Waals surface area contributed by atoms with Crippen LogP contribution in [0.2, 0.25) is 0 Å². The SMILES string of the molecule is CC(C)c1cccc(Oc2ccnc(C(N)=NO)c2)c1. The van der Waals surface area contributed by atoms with E-state index in [9.17, 15) is 0 Å². The van der Waals surface area contributed by atoms with E-state index in [2.05, 4.69) is 30.1 Å². The van der Waals surface area contributed by atoms with Crippen LogP contribution in [0.5, 0.6) is 11.5 Å². The van der Waals surface area contributed by atoms with Gasteiger partial charge in [0, 0.05) is 12.3 Å². The van der Waals surface area contributed by atoms with Gasteiger partial charge in [-0.15, -0.1) is 0 Å². The first-order valence-corrected chi connectivity index (χ1v) is 6.32. The highest BCUT2D eigenvalue weighted by atomic mass is 16.5. The van der Waals surface area contributed by atoms with Crippen molar-refractivity contribution in [2.24, 2.45) is 10.9 Å². The second-order valence-electron chi connectivity index (χ2n) is 4.69. The van der Waals surface area contributed by atoms with Crippen molar-refractivity contribution in [1.29, 1.82) is 0 Å². The van der Waals surface area contributed by atoms with Gasteiger partial charge in [-0.05, 0) is 29.7 Å². The van der Waals surface area contributed by atoms with Crippen molar-refractivity contribution in [2.45, 2.75) is 19.8 Å². The van der Waals surface area contributed by atoms with Crippen molar-refractivity contribution in [1.82, 2.24) is 4.98 Å². The molecule has 0 saturated heterocycles. The molecule has 0 aliphatic rings. The van der Waals surface area contributed by atoms with Crippen LogP contribution in [0.3, 0.4) is 0 Å². The van der Waals surface area contributed by atoms with Gasteiger partial charge in [-0.2, -0.15) is 0 Å². The van der Waals surface area contributed by atoms with Crippen molar-refractivity contribution < 1.29 is 9.94 Å². The predicted molar refractivity (Wildman–Crippen MR) is 77.4 cm³/mol. The minimum atomic E-state index is -0.0496. The average molecular weight is 271 g/mol. The zero-order valence-electron chi connectivity index (χ0n) is 11.4. The first-order chi connectivity index (χ1) is 9.60. The van der Waals surface area contributed by atoms with Gasteiger partial charge < -0.3 is 15.7 Å². The molecule has 3 N–H and O–H groups in total. The number of ether oxygens (including phenoxy) is 1. The molecule has 0 bridgehead atoms. The highest BCUT2D eigenvalue weighted by molar-refractivity contribution is 5.95. The second-order valence-corrected chi connectivity index (χ2v) is 4.69. The monoisotopic (exact) mass is 271 g/mol. The van der Waals surface area contributed by atoms with Gasteiger partial charge in [-0.1, -0.05) is 31.1 Å². The highest BCUT2D eigenvalue weighted by Crippen LogP contribution is 2.25. The van der Waals surface area contributed by atoms with Crippen LogP contribution in [0.1, 0.15) is 31.0 Å². The fourth-order valence-electron chi connectivity index (χ4n) is 1.74. The summed E-state index contributed by atoms with van der Waals surface area (Å²) in [4.78, 5) is 4.00. The number of pyridine rings is 1. The summed E-state index contributed by atoms with van der Waals surface area (Å²) in [6.07, 6.45) is 1.55. The molecule has 2 aromatic rings. The Bertz CT molecular complexity index is 624. The lowest BCUT2D eigenvalue weighted by molar-refractivity contribution is 0.318. The highest BCUT2D eigenvalue weighted by Gasteiger charge is 2.05. The molecule has 1 aromatic carbocycles. The van der Waals surface area contributed by atoms with E-state index in [1.807, 2.05) is 18.2 Å². The molecule has 0 aliphatic carbocycles. The molecule has 0 aliphatic heterocycles. The maximum atomic E-state index is 8.65. The van der Waals surface area contributed by atoms with E-state index in [-0.39, 0.29) is 5.84 Å². The number of hydrogen-bond donors (Lipinski definition) is 2. The summed E-state index contributed by atoms with van der Waals surface area (Å²) in [5, 5.41) is 11.6. The molecule has 0 saturated carbocycles. The molecule has 104 valence electrons. The average Bonchev–Trinajstić information content (AvgIpc) is 2.47. The van der Waals surface area contributed by atoms with E-state index in [1.165, 1.54) is 5.56 Å². The van der Waals surface area contributed by atoms with Gasteiger partial charge in [-0.25, -0.2) is 0 Å². The first-order valence-electron chi connectivity index (χ1n) is 6.32. The fraction of sp³-hybridized carbons (Fsp3) is 0.200. The molecule has 1 heterocycles. The summed E-state index contributed by atoms with van der Waals surface area (Å²) in [6, 6.07) is 11.2. The van der Waals surface area contributed by atoms with Crippen LogP contribution in [-0.4, -0.2) is 16.0 Å². The first kappa shape index (κ1) is 13.9. The predicted octanol–water partition coefficient (Wildman–Crippen LogP) is 3.09. The lowest BCUT2D eigenvalue weighted by Gasteiger charge is -2.10. The fourth-order valence-corrected chi connectivity index (χ4v) is 1.74.